The summed E-state index contributed by atoms with van der Waals surface area (Å²) in [5.74, 6) is 0.0176. The Bertz CT molecular complexity index is 686. The number of amides is 1. The molecule has 1 saturated heterocycles. The maximum atomic E-state index is 12.6. The van der Waals surface area contributed by atoms with Gasteiger partial charge in [0.15, 0.2) is 6.61 Å². The second-order valence-electron chi connectivity index (χ2n) is 4.77. The molecule has 21 heavy (non-hydrogen) atoms. The second-order valence-corrected chi connectivity index (χ2v) is 7.08. The molecule has 1 aromatic carbocycles. The zero-order valence-corrected chi connectivity index (χ0v) is 12.6. The highest BCUT2D eigenvalue weighted by atomic mass is 35.5. The van der Waals surface area contributed by atoms with Crippen LogP contribution in [0.4, 0.5) is 5.69 Å². The number of nitrogens with zero attached hydrogens (tertiary/aromatic N) is 1. The van der Waals surface area contributed by atoms with Crippen molar-refractivity contribution in [1.82, 2.24) is 9.62 Å². The van der Waals surface area contributed by atoms with Crippen LogP contribution in [0.5, 0.6) is 5.75 Å². The SMILES string of the molecule is O=C1COc2cc(S(=O)(=O)N3CCNCC3)c(Cl)cc2N1. The average molecular weight is 332 g/mol. The zero-order chi connectivity index (χ0) is 15.0. The van der Waals surface area contributed by atoms with Crippen LogP contribution in [-0.2, 0) is 14.8 Å². The molecule has 1 amide bonds. The summed E-state index contributed by atoms with van der Waals surface area (Å²) in [5, 5.41) is 5.76. The first kappa shape index (κ1) is 14.6. The Balaban J connectivity index is 2.00. The topological polar surface area (TPSA) is 87.7 Å². The van der Waals surface area contributed by atoms with Gasteiger partial charge < -0.3 is 15.4 Å². The number of carbonyl (C=O) groups excluding carboxylic acids is 1. The molecule has 9 heteroatoms. The Morgan fingerprint density at radius 2 is 1.95 bits per heavy atom. The number of hydrogen-bond acceptors (Lipinski definition) is 5. The standard InChI is InChI=1S/C12H14ClN3O4S/c13-8-5-9-10(20-7-12(17)15-9)6-11(8)21(18,19)16-3-1-14-2-4-16/h5-6,14H,1-4,7H2,(H,15,17). The third kappa shape index (κ3) is 2.71. The van der Waals surface area contributed by atoms with Crippen molar-refractivity contribution < 1.29 is 17.9 Å². The van der Waals surface area contributed by atoms with E-state index in [2.05, 4.69) is 10.6 Å². The number of anilines is 1. The van der Waals surface area contributed by atoms with Crippen molar-refractivity contribution in [3.63, 3.8) is 0 Å². The van der Waals surface area contributed by atoms with Gasteiger partial charge >= 0.3 is 0 Å². The molecule has 0 spiro atoms. The van der Waals surface area contributed by atoms with Gasteiger partial charge in [-0.15, -0.1) is 0 Å². The van der Waals surface area contributed by atoms with E-state index in [9.17, 15) is 13.2 Å². The Labute approximate surface area is 127 Å². The van der Waals surface area contributed by atoms with Crippen molar-refractivity contribution in [2.45, 2.75) is 4.90 Å². The van der Waals surface area contributed by atoms with Gasteiger partial charge in [0.2, 0.25) is 10.0 Å². The van der Waals surface area contributed by atoms with Crippen molar-refractivity contribution in [1.29, 1.82) is 0 Å². The first-order valence-corrected chi connectivity index (χ1v) is 8.27. The third-order valence-corrected chi connectivity index (χ3v) is 5.72. The van der Waals surface area contributed by atoms with Crippen LogP contribution >= 0.6 is 11.6 Å². The summed E-state index contributed by atoms with van der Waals surface area (Å²) in [6.07, 6.45) is 0. The van der Waals surface area contributed by atoms with E-state index in [-0.39, 0.29) is 22.4 Å². The minimum atomic E-state index is -3.67. The quantitative estimate of drug-likeness (QED) is 0.812. The van der Waals surface area contributed by atoms with Crippen molar-refractivity contribution in [2.75, 3.05) is 38.1 Å². The molecule has 0 aliphatic carbocycles. The minimum Gasteiger partial charge on any atom is -0.482 e. The number of nitrogens with one attached hydrogen (secondary N) is 2. The Morgan fingerprint density at radius 3 is 2.67 bits per heavy atom. The van der Waals surface area contributed by atoms with E-state index >= 15 is 0 Å². The Kier molecular flexibility index (Phi) is 3.78. The Morgan fingerprint density at radius 1 is 1.24 bits per heavy atom. The van der Waals surface area contributed by atoms with E-state index in [1.165, 1.54) is 16.4 Å². The van der Waals surface area contributed by atoms with Gasteiger partial charge in [0.25, 0.3) is 5.91 Å². The highest BCUT2D eigenvalue weighted by Gasteiger charge is 2.30. The van der Waals surface area contributed by atoms with E-state index < -0.39 is 10.0 Å². The predicted molar refractivity (Wildman–Crippen MR) is 77.2 cm³/mol. The maximum absolute atomic E-state index is 12.6. The van der Waals surface area contributed by atoms with Crippen LogP contribution in [0.2, 0.25) is 5.02 Å². The second kappa shape index (κ2) is 5.45. The molecule has 0 aromatic heterocycles. The van der Waals surface area contributed by atoms with E-state index in [0.29, 0.717) is 37.6 Å². The fraction of sp³-hybridized carbons (Fsp3) is 0.417. The van der Waals surface area contributed by atoms with Crippen LogP contribution in [0.25, 0.3) is 0 Å². The van der Waals surface area contributed by atoms with Crippen molar-refractivity contribution in [3.05, 3.63) is 17.2 Å². The number of piperazine rings is 1. The van der Waals surface area contributed by atoms with Crippen molar-refractivity contribution in [2.24, 2.45) is 0 Å². The molecule has 0 radical (unpaired) electrons. The van der Waals surface area contributed by atoms with Crippen LogP contribution in [0.15, 0.2) is 17.0 Å². The first-order chi connectivity index (χ1) is 9.98. The largest absolute Gasteiger partial charge is 0.482 e. The van der Waals surface area contributed by atoms with Crippen LogP contribution < -0.4 is 15.4 Å². The molecule has 3 rings (SSSR count). The zero-order valence-electron chi connectivity index (χ0n) is 11.1. The summed E-state index contributed by atoms with van der Waals surface area (Å²) in [6, 6.07) is 2.78. The lowest BCUT2D eigenvalue weighted by atomic mass is 10.2. The van der Waals surface area contributed by atoms with Crippen molar-refractivity contribution in [3.8, 4) is 5.75 Å². The summed E-state index contributed by atoms with van der Waals surface area (Å²) >= 11 is 6.08. The molecule has 0 bridgehead atoms. The van der Waals surface area contributed by atoms with E-state index in [0.717, 1.165) is 0 Å². The number of carbonyl (C=O) groups is 1. The number of fused-ring (bicyclic) bond motifs is 1. The summed E-state index contributed by atoms with van der Waals surface area (Å²) in [4.78, 5) is 11.3. The van der Waals surface area contributed by atoms with Gasteiger partial charge in [-0.25, -0.2) is 8.42 Å². The van der Waals surface area contributed by atoms with Crippen LogP contribution in [0.3, 0.4) is 0 Å². The third-order valence-electron chi connectivity index (χ3n) is 3.36. The molecule has 0 unspecified atom stereocenters. The highest BCUT2D eigenvalue weighted by molar-refractivity contribution is 7.89. The summed E-state index contributed by atoms with van der Waals surface area (Å²) in [6.45, 7) is 1.87. The number of sulfonamides is 1. The number of halogens is 1. The van der Waals surface area contributed by atoms with Gasteiger partial charge in [0.1, 0.15) is 10.6 Å². The Hall–Kier alpha value is -1.35. The number of ether oxygens (including phenoxy) is 1. The minimum absolute atomic E-state index is 0.000894. The molecule has 2 heterocycles. The first-order valence-electron chi connectivity index (χ1n) is 6.45. The monoisotopic (exact) mass is 331 g/mol. The number of benzene rings is 1. The van der Waals surface area contributed by atoms with E-state index in [1.807, 2.05) is 0 Å². The molecule has 1 aromatic rings. The van der Waals surface area contributed by atoms with Crippen molar-refractivity contribution >= 4 is 33.2 Å². The molecular weight excluding hydrogens is 318 g/mol. The normalized spacial score (nSPS) is 19.6. The molecule has 0 saturated carbocycles. The lowest BCUT2D eigenvalue weighted by Crippen LogP contribution is -2.46. The van der Waals surface area contributed by atoms with Gasteiger partial charge in [0.05, 0.1) is 10.7 Å². The lowest BCUT2D eigenvalue weighted by molar-refractivity contribution is -0.118. The summed E-state index contributed by atoms with van der Waals surface area (Å²) < 4.78 is 31.9. The molecule has 2 aliphatic rings. The van der Waals surface area contributed by atoms with Gasteiger partial charge in [-0.2, -0.15) is 4.31 Å². The molecule has 2 N–H and O–H groups in total. The molecular formula is C12H14ClN3O4S. The predicted octanol–water partition coefficient (Wildman–Crippen LogP) is 0.265. The summed E-state index contributed by atoms with van der Waals surface area (Å²) in [5.41, 5.74) is 0.385. The smallest absolute Gasteiger partial charge is 0.262 e. The van der Waals surface area contributed by atoms with Gasteiger partial charge in [-0.1, -0.05) is 11.6 Å². The highest BCUT2D eigenvalue weighted by Crippen LogP contribution is 2.36. The summed E-state index contributed by atoms with van der Waals surface area (Å²) in [7, 11) is -3.67. The molecule has 2 aliphatic heterocycles. The van der Waals surface area contributed by atoms with Gasteiger partial charge in [0, 0.05) is 32.2 Å². The molecule has 1 fully saturated rings. The van der Waals surface area contributed by atoms with Gasteiger partial charge in [-0.05, 0) is 6.07 Å². The number of hydrogen-bond donors (Lipinski definition) is 2. The van der Waals surface area contributed by atoms with E-state index in [1.54, 1.807) is 0 Å². The van der Waals surface area contributed by atoms with Crippen LogP contribution in [0.1, 0.15) is 0 Å². The molecule has 0 atom stereocenters. The van der Waals surface area contributed by atoms with E-state index in [4.69, 9.17) is 16.3 Å². The molecule has 114 valence electrons. The van der Waals surface area contributed by atoms with Crippen LogP contribution in [0, 0.1) is 0 Å². The number of rotatable bonds is 2. The maximum Gasteiger partial charge on any atom is 0.262 e. The fourth-order valence-electron chi connectivity index (χ4n) is 2.30. The van der Waals surface area contributed by atoms with Gasteiger partial charge in [-0.3, -0.25) is 4.79 Å². The average Bonchev–Trinajstić information content (AvgIpc) is 2.47. The fourth-order valence-corrected chi connectivity index (χ4v) is 4.26. The lowest BCUT2D eigenvalue weighted by Gasteiger charge is -2.27. The molecule has 7 nitrogen and oxygen atoms in total. The van der Waals surface area contributed by atoms with Crippen LogP contribution in [-0.4, -0.2) is 51.4 Å².